The third-order valence-corrected chi connectivity index (χ3v) is 2.16. The van der Waals surface area contributed by atoms with Crippen molar-refractivity contribution in [3.63, 3.8) is 0 Å². The van der Waals surface area contributed by atoms with E-state index in [2.05, 4.69) is 10.3 Å². The van der Waals surface area contributed by atoms with Crippen molar-refractivity contribution in [3.8, 4) is 0 Å². The van der Waals surface area contributed by atoms with Gasteiger partial charge in [-0.05, 0) is 12.1 Å². The molecule has 84 valence electrons. The van der Waals surface area contributed by atoms with Gasteiger partial charge in [0.2, 0.25) is 0 Å². The summed E-state index contributed by atoms with van der Waals surface area (Å²) in [5.74, 6) is 0.244. The van der Waals surface area contributed by atoms with Gasteiger partial charge in [-0.2, -0.15) is 0 Å². The van der Waals surface area contributed by atoms with Crippen molar-refractivity contribution in [2.45, 2.75) is 13.8 Å². The molecule has 1 aliphatic heterocycles. The van der Waals surface area contributed by atoms with E-state index in [1.807, 2.05) is 18.7 Å². The van der Waals surface area contributed by atoms with Crippen molar-refractivity contribution in [1.82, 2.24) is 10.3 Å². The molecule has 1 aliphatic rings. The lowest BCUT2D eigenvalue weighted by atomic mass is 10.3. The standard InChI is InChI=1S/C9H12FN3.C2H6/c10-8-2-1-3-12-9(8)13-6-4-11-5-7-13;1-2/h1-3,11H,4-7H2;1-2H3. The van der Waals surface area contributed by atoms with Gasteiger partial charge in [0.1, 0.15) is 0 Å². The van der Waals surface area contributed by atoms with E-state index in [9.17, 15) is 4.39 Å². The number of nitrogens with one attached hydrogen (secondary N) is 1. The summed E-state index contributed by atoms with van der Waals surface area (Å²) in [6.45, 7) is 7.45. The maximum atomic E-state index is 13.2. The van der Waals surface area contributed by atoms with Crippen LogP contribution in [-0.2, 0) is 0 Å². The van der Waals surface area contributed by atoms with Crippen molar-refractivity contribution in [3.05, 3.63) is 24.1 Å². The third kappa shape index (κ3) is 3.16. The predicted octanol–water partition coefficient (Wildman–Crippen LogP) is 1.66. The van der Waals surface area contributed by atoms with Gasteiger partial charge in [-0.15, -0.1) is 0 Å². The highest BCUT2D eigenvalue weighted by atomic mass is 19.1. The lowest BCUT2D eigenvalue weighted by molar-refractivity contribution is 0.559. The fourth-order valence-corrected chi connectivity index (χ4v) is 1.49. The number of aromatic nitrogens is 1. The molecule has 0 aromatic carbocycles. The largest absolute Gasteiger partial charge is 0.352 e. The minimum absolute atomic E-state index is 0.232. The van der Waals surface area contributed by atoms with Crippen molar-refractivity contribution in [1.29, 1.82) is 0 Å². The van der Waals surface area contributed by atoms with Crippen LogP contribution in [0, 0.1) is 5.82 Å². The molecule has 1 aromatic rings. The SMILES string of the molecule is CC.Fc1cccnc1N1CCNCC1. The Morgan fingerprint density at radius 1 is 1.33 bits per heavy atom. The van der Waals surface area contributed by atoms with E-state index < -0.39 is 0 Å². The molecule has 1 N–H and O–H groups in total. The summed E-state index contributed by atoms with van der Waals surface area (Å²) in [7, 11) is 0. The predicted molar refractivity (Wildman–Crippen MR) is 60.6 cm³/mol. The number of nitrogens with zero attached hydrogens (tertiary/aromatic N) is 2. The van der Waals surface area contributed by atoms with E-state index in [4.69, 9.17) is 0 Å². The molecule has 0 bridgehead atoms. The average Bonchev–Trinajstić information content (AvgIpc) is 2.33. The van der Waals surface area contributed by atoms with Gasteiger partial charge >= 0.3 is 0 Å². The van der Waals surface area contributed by atoms with E-state index in [-0.39, 0.29) is 5.82 Å². The van der Waals surface area contributed by atoms with E-state index in [0.29, 0.717) is 5.82 Å². The number of hydrogen-bond acceptors (Lipinski definition) is 3. The molecule has 0 unspecified atom stereocenters. The minimum Gasteiger partial charge on any atom is -0.352 e. The van der Waals surface area contributed by atoms with Gasteiger partial charge in [0.15, 0.2) is 11.6 Å². The second-order valence-electron chi connectivity index (χ2n) is 3.05. The molecule has 0 saturated carbocycles. The Bertz CT molecular complexity index is 285. The summed E-state index contributed by atoms with van der Waals surface area (Å²) >= 11 is 0. The second-order valence-corrected chi connectivity index (χ2v) is 3.05. The average molecular weight is 211 g/mol. The first-order valence-corrected chi connectivity index (χ1v) is 5.44. The zero-order valence-corrected chi connectivity index (χ0v) is 9.33. The Balaban J connectivity index is 0.000000531. The highest BCUT2D eigenvalue weighted by Crippen LogP contribution is 2.14. The van der Waals surface area contributed by atoms with Crippen molar-refractivity contribution in [2.75, 3.05) is 31.1 Å². The fourth-order valence-electron chi connectivity index (χ4n) is 1.49. The van der Waals surface area contributed by atoms with Gasteiger partial charge in [-0.1, -0.05) is 13.8 Å². The molecule has 3 nitrogen and oxygen atoms in total. The Morgan fingerprint density at radius 2 is 2.00 bits per heavy atom. The summed E-state index contributed by atoms with van der Waals surface area (Å²) < 4.78 is 13.2. The molecular formula is C11H18FN3. The molecule has 1 saturated heterocycles. The molecule has 0 atom stereocenters. The molecule has 0 amide bonds. The molecule has 15 heavy (non-hydrogen) atoms. The van der Waals surface area contributed by atoms with Gasteiger partial charge in [0, 0.05) is 32.4 Å². The van der Waals surface area contributed by atoms with E-state index in [0.717, 1.165) is 26.2 Å². The third-order valence-electron chi connectivity index (χ3n) is 2.16. The lowest BCUT2D eigenvalue weighted by Gasteiger charge is -2.28. The lowest BCUT2D eigenvalue weighted by Crippen LogP contribution is -2.44. The van der Waals surface area contributed by atoms with Gasteiger partial charge in [0.25, 0.3) is 0 Å². The topological polar surface area (TPSA) is 28.2 Å². The van der Waals surface area contributed by atoms with Crippen LogP contribution < -0.4 is 10.2 Å². The molecule has 2 heterocycles. The van der Waals surface area contributed by atoms with Crippen LogP contribution in [0.25, 0.3) is 0 Å². The Labute approximate surface area is 90.3 Å². The minimum atomic E-state index is -0.232. The highest BCUT2D eigenvalue weighted by Gasteiger charge is 2.14. The zero-order valence-electron chi connectivity index (χ0n) is 9.33. The zero-order chi connectivity index (χ0) is 11.1. The number of halogens is 1. The van der Waals surface area contributed by atoms with Crippen molar-refractivity contribution in [2.24, 2.45) is 0 Å². The van der Waals surface area contributed by atoms with Crippen LogP contribution in [-0.4, -0.2) is 31.2 Å². The second kappa shape index (κ2) is 6.35. The van der Waals surface area contributed by atoms with Crippen LogP contribution in [0.1, 0.15) is 13.8 Å². The van der Waals surface area contributed by atoms with Crippen LogP contribution in [0.2, 0.25) is 0 Å². The number of pyridine rings is 1. The van der Waals surface area contributed by atoms with Gasteiger partial charge in [-0.25, -0.2) is 9.37 Å². The quantitative estimate of drug-likeness (QED) is 0.765. The van der Waals surface area contributed by atoms with E-state index >= 15 is 0 Å². The van der Waals surface area contributed by atoms with Crippen LogP contribution in [0.3, 0.4) is 0 Å². The maximum Gasteiger partial charge on any atom is 0.165 e. The molecule has 1 aromatic heterocycles. The number of anilines is 1. The van der Waals surface area contributed by atoms with Crippen LogP contribution in [0.4, 0.5) is 10.2 Å². The molecule has 0 radical (unpaired) electrons. The van der Waals surface area contributed by atoms with E-state index in [1.165, 1.54) is 6.07 Å². The number of rotatable bonds is 1. The summed E-state index contributed by atoms with van der Waals surface area (Å²) in [6.07, 6.45) is 1.63. The first-order chi connectivity index (χ1) is 7.38. The van der Waals surface area contributed by atoms with Gasteiger partial charge in [-0.3, -0.25) is 0 Å². The fraction of sp³-hybridized carbons (Fsp3) is 0.545. The first kappa shape index (κ1) is 11.9. The van der Waals surface area contributed by atoms with Crippen LogP contribution in [0.5, 0.6) is 0 Å². The van der Waals surface area contributed by atoms with Gasteiger partial charge in [0.05, 0.1) is 0 Å². The smallest absolute Gasteiger partial charge is 0.165 e. The summed E-state index contributed by atoms with van der Waals surface area (Å²) in [6, 6.07) is 3.06. The monoisotopic (exact) mass is 211 g/mol. The molecule has 2 rings (SSSR count). The molecule has 0 spiro atoms. The molecule has 4 heteroatoms. The Kier molecular flexibility index (Phi) is 5.04. The van der Waals surface area contributed by atoms with Gasteiger partial charge < -0.3 is 10.2 Å². The first-order valence-electron chi connectivity index (χ1n) is 5.44. The van der Waals surface area contributed by atoms with Crippen molar-refractivity contribution >= 4 is 5.82 Å². The van der Waals surface area contributed by atoms with E-state index in [1.54, 1.807) is 12.3 Å². The number of hydrogen-bond donors (Lipinski definition) is 1. The Hall–Kier alpha value is -1.16. The van der Waals surface area contributed by atoms with Crippen LogP contribution in [0.15, 0.2) is 18.3 Å². The summed E-state index contributed by atoms with van der Waals surface area (Å²) in [5.41, 5.74) is 0. The molecule has 1 fully saturated rings. The summed E-state index contributed by atoms with van der Waals surface area (Å²) in [4.78, 5) is 5.99. The Morgan fingerprint density at radius 3 is 2.60 bits per heavy atom. The highest BCUT2D eigenvalue weighted by molar-refractivity contribution is 5.39. The number of piperazine rings is 1. The van der Waals surface area contributed by atoms with Crippen LogP contribution >= 0.6 is 0 Å². The molecule has 0 aliphatic carbocycles. The maximum absolute atomic E-state index is 13.2. The normalized spacial score (nSPS) is 15.5. The van der Waals surface area contributed by atoms with Crippen molar-refractivity contribution < 1.29 is 4.39 Å². The summed E-state index contributed by atoms with van der Waals surface area (Å²) in [5, 5.41) is 3.21. The molecular weight excluding hydrogens is 193 g/mol.